The summed E-state index contributed by atoms with van der Waals surface area (Å²) >= 11 is 0. The lowest BCUT2D eigenvalue weighted by Crippen LogP contribution is -2.38. The van der Waals surface area contributed by atoms with Crippen molar-refractivity contribution in [1.82, 2.24) is 15.0 Å². The Kier molecular flexibility index (Phi) is 7.35. The molecular formula is C23H22N4O8. The molecule has 1 aliphatic heterocycles. The maximum atomic E-state index is 11.9. The van der Waals surface area contributed by atoms with E-state index in [1.807, 2.05) is 35.3 Å². The molecule has 12 nitrogen and oxygen atoms in total. The van der Waals surface area contributed by atoms with Crippen LogP contribution in [0.3, 0.4) is 0 Å². The van der Waals surface area contributed by atoms with Gasteiger partial charge < -0.3 is 24.4 Å². The van der Waals surface area contributed by atoms with Crippen molar-refractivity contribution in [2.45, 2.75) is 24.5 Å². The highest BCUT2D eigenvalue weighted by atomic mass is 16.6. The zero-order valence-electron chi connectivity index (χ0n) is 18.2. The molecule has 1 saturated heterocycles. The fraction of sp³-hybridized carbons (Fsp3) is 0.217. The van der Waals surface area contributed by atoms with Gasteiger partial charge in [0, 0.05) is 12.3 Å². The fourth-order valence-corrected chi connectivity index (χ4v) is 3.32. The lowest BCUT2D eigenvalue weighted by molar-refractivity contribution is -0.0570. The zero-order valence-corrected chi connectivity index (χ0v) is 18.2. The SMILES string of the molecule is O=C(N/N=C/c1ccc(Oc2ccccc2)cc1)OC[C@H]1O[C@@H](n2ccc(=O)[nH]c2=O)[C@H](O)[C@@H]1O. The van der Waals surface area contributed by atoms with E-state index < -0.39 is 48.5 Å². The molecular weight excluding hydrogens is 460 g/mol. The van der Waals surface area contributed by atoms with Gasteiger partial charge in [-0.2, -0.15) is 5.10 Å². The molecule has 12 heteroatoms. The number of aliphatic hydroxyl groups is 2. The number of carbonyl (C=O) groups excluding carboxylic acids is 1. The van der Waals surface area contributed by atoms with Gasteiger partial charge in [-0.3, -0.25) is 14.3 Å². The summed E-state index contributed by atoms with van der Waals surface area (Å²) < 4.78 is 17.1. The molecule has 182 valence electrons. The molecule has 1 amide bonds. The van der Waals surface area contributed by atoms with Gasteiger partial charge in [0.05, 0.1) is 6.21 Å². The Labute approximate surface area is 198 Å². The van der Waals surface area contributed by atoms with Crippen LogP contribution >= 0.6 is 0 Å². The largest absolute Gasteiger partial charge is 0.457 e. The van der Waals surface area contributed by atoms with Crippen LogP contribution in [0.25, 0.3) is 0 Å². The predicted molar refractivity (Wildman–Crippen MR) is 122 cm³/mol. The molecule has 0 aliphatic carbocycles. The number of carbonyl (C=O) groups is 1. The molecule has 35 heavy (non-hydrogen) atoms. The zero-order chi connectivity index (χ0) is 24.8. The maximum Gasteiger partial charge on any atom is 0.427 e. The number of hydrazone groups is 1. The number of aromatic nitrogens is 2. The van der Waals surface area contributed by atoms with Gasteiger partial charge in [-0.15, -0.1) is 0 Å². The van der Waals surface area contributed by atoms with Crippen LogP contribution in [0.5, 0.6) is 11.5 Å². The number of aliphatic hydroxyl groups excluding tert-OH is 2. The van der Waals surface area contributed by atoms with Gasteiger partial charge in [0.1, 0.15) is 36.4 Å². The van der Waals surface area contributed by atoms with E-state index in [1.165, 1.54) is 6.21 Å². The van der Waals surface area contributed by atoms with E-state index in [9.17, 15) is 24.6 Å². The summed E-state index contributed by atoms with van der Waals surface area (Å²) in [6, 6.07) is 17.4. The van der Waals surface area contributed by atoms with Crippen LogP contribution in [0, 0.1) is 0 Å². The molecule has 1 fully saturated rings. The van der Waals surface area contributed by atoms with E-state index in [1.54, 1.807) is 24.3 Å². The predicted octanol–water partition coefficient (Wildman–Crippen LogP) is 0.708. The first kappa shape index (κ1) is 23.9. The molecule has 1 aromatic heterocycles. The Bertz CT molecular complexity index is 1290. The van der Waals surface area contributed by atoms with Crippen LogP contribution in [-0.2, 0) is 9.47 Å². The topological polar surface area (TPSA) is 164 Å². The van der Waals surface area contributed by atoms with Gasteiger partial charge >= 0.3 is 11.8 Å². The lowest BCUT2D eigenvalue weighted by atomic mass is 10.1. The van der Waals surface area contributed by atoms with E-state index in [0.717, 1.165) is 16.8 Å². The van der Waals surface area contributed by atoms with Gasteiger partial charge in [-0.1, -0.05) is 18.2 Å². The molecule has 0 saturated carbocycles. The third kappa shape index (κ3) is 6.00. The smallest absolute Gasteiger partial charge is 0.427 e. The van der Waals surface area contributed by atoms with E-state index in [-0.39, 0.29) is 0 Å². The molecule has 3 aromatic rings. The number of ether oxygens (including phenoxy) is 3. The standard InChI is InChI=1S/C23H22N4O8/c28-18-10-11-27(22(31)25-18)21-20(30)19(29)17(35-21)13-33-23(32)26-24-12-14-6-8-16(9-7-14)34-15-4-2-1-3-5-15/h1-12,17,19-21,29-30H,13H2,(H,26,32)(H,25,28,31)/b24-12+/t17-,19-,20-,21-/m1/s1. The molecule has 4 rings (SSSR count). The molecule has 4 N–H and O–H groups in total. The number of aromatic amines is 1. The average Bonchev–Trinajstić information content (AvgIpc) is 3.13. The van der Waals surface area contributed by atoms with Crippen molar-refractivity contribution in [1.29, 1.82) is 0 Å². The molecule has 2 heterocycles. The summed E-state index contributed by atoms with van der Waals surface area (Å²) in [4.78, 5) is 37.1. The molecule has 1 aliphatic rings. The molecule has 0 spiro atoms. The number of nitrogens with zero attached hydrogens (tertiary/aromatic N) is 2. The normalized spacial score (nSPS) is 21.7. The fourth-order valence-electron chi connectivity index (χ4n) is 3.32. The monoisotopic (exact) mass is 482 g/mol. The van der Waals surface area contributed by atoms with Crippen LogP contribution in [0.1, 0.15) is 11.8 Å². The Morgan fingerprint density at radius 1 is 1.06 bits per heavy atom. The molecule has 2 aromatic carbocycles. The maximum absolute atomic E-state index is 11.9. The Balaban J connectivity index is 1.25. The van der Waals surface area contributed by atoms with E-state index in [0.29, 0.717) is 17.1 Å². The summed E-state index contributed by atoms with van der Waals surface area (Å²) in [5.74, 6) is 1.35. The number of rotatable bonds is 7. The van der Waals surface area contributed by atoms with Crippen molar-refractivity contribution >= 4 is 12.3 Å². The van der Waals surface area contributed by atoms with Gasteiger partial charge in [0.15, 0.2) is 6.23 Å². The van der Waals surface area contributed by atoms with Crippen molar-refractivity contribution in [2.75, 3.05) is 6.61 Å². The van der Waals surface area contributed by atoms with Crippen molar-refractivity contribution < 1.29 is 29.2 Å². The highest BCUT2D eigenvalue weighted by molar-refractivity contribution is 5.81. The van der Waals surface area contributed by atoms with Crippen LogP contribution < -0.4 is 21.4 Å². The van der Waals surface area contributed by atoms with Gasteiger partial charge in [0.2, 0.25) is 0 Å². The number of amides is 1. The summed E-state index contributed by atoms with van der Waals surface area (Å²) in [5, 5.41) is 24.2. The second-order valence-electron chi connectivity index (χ2n) is 7.52. The van der Waals surface area contributed by atoms with Crippen LogP contribution in [-0.4, -0.2) is 57.0 Å². The lowest BCUT2D eigenvalue weighted by Gasteiger charge is -2.16. The minimum absolute atomic E-state index is 0.417. The Morgan fingerprint density at radius 3 is 2.49 bits per heavy atom. The first-order valence-corrected chi connectivity index (χ1v) is 10.5. The quantitative estimate of drug-likeness (QED) is 0.282. The number of nitrogens with one attached hydrogen (secondary N) is 2. The summed E-state index contributed by atoms with van der Waals surface area (Å²) in [6.45, 7) is -0.417. The van der Waals surface area contributed by atoms with E-state index in [2.05, 4.69) is 10.5 Å². The average molecular weight is 482 g/mol. The molecule has 0 unspecified atom stereocenters. The Morgan fingerprint density at radius 2 is 1.77 bits per heavy atom. The van der Waals surface area contributed by atoms with Crippen LogP contribution in [0.15, 0.2) is 81.6 Å². The van der Waals surface area contributed by atoms with Crippen molar-refractivity contribution in [2.24, 2.45) is 5.10 Å². The van der Waals surface area contributed by atoms with Crippen molar-refractivity contribution in [3.63, 3.8) is 0 Å². The third-order valence-corrected chi connectivity index (χ3v) is 5.07. The highest BCUT2D eigenvalue weighted by Gasteiger charge is 2.44. The number of H-pyrrole nitrogens is 1. The first-order chi connectivity index (χ1) is 16.9. The second-order valence-corrected chi connectivity index (χ2v) is 7.52. The van der Waals surface area contributed by atoms with Gasteiger partial charge in [0.25, 0.3) is 5.56 Å². The summed E-state index contributed by atoms with van der Waals surface area (Å²) in [6.07, 6.45) is -3.68. The molecule has 0 bridgehead atoms. The van der Waals surface area contributed by atoms with Crippen molar-refractivity contribution in [3.8, 4) is 11.5 Å². The Hall–Kier alpha value is -4.26. The molecule has 0 radical (unpaired) electrons. The van der Waals surface area contributed by atoms with E-state index in [4.69, 9.17) is 14.2 Å². The summed E-state index contributed by atoms with van der Waals surface area (Å²) in [7, 11) is 0. The summed E-state index contributed by atoms with van der Waals surface area (Å²) in [5.41, 5.74) is 1.43. The minimum atomic E-state index is -1.48. The first-order valence-electron chi connectivity index (χ1n) is 10.5. The van der Waals surface area contributed by atoms with Crippen LogP contribution in [0.4, 0.5) is 4.79 Å². The highest BCUT2D eigenvalue weighted by Crippen LogP contribution is 2.28. The minimum Gasteiger partial charge on any atom is -0.457 e. The molecule has 4 atom stereocenters. The number of hydrogen-bond acceptors (Lipinski definition) is 9. The second kappa shape index (κ2) is 10.8. The van der Waals surface area contributed by atoms with Gasteiger partial charge in [-0.25, -0.2) is 15.0 Å². The number of benzene rings is 2. The number of hydrogen-bond donors (Lipinski definition) is 4. The van der Waals surface area contributed by atoms with Crippen molar-refractivity contribution in [3.05, 3.63) is 93.3 Å². The van der Waals surface area contributed by atoms with Gasteiger partial charge in [-0.05, 0) is 42.0 Å². The van der Waals surface area contributed by atoms with E-state index >= 15 is 0 Å². The van der Waals surface area contributed by atoms with Crippen LogP contribution in [0.2, 0.25) is 0 Å². The number of para-hydroxylation sites is 1. The third-order valence-electron chi connectivity index (χ3n) is 5.07.